The van der Waals surface area contributed by atoms with Crippen molar-refractivity contribution in [3.05, 3.63) is 47.5 Å². The first kappa shape index (κ1) is 25.8. The smallest absolute Gasteiger partial charge is 0.409 e. The van der Waals surface area contributed by atoms with Gasteiger partial charge in [-0.2, -0.15) is 5.12 Å². The van der Waals surface area contributed by atoms with Gasteiger partial charge in [0.25, 0.3) is 0 Å². The van der Waals surface area contributed by atoms with E-state index in [0.29, 0.717) is 15.5 Å². The van der Waals surface area contributed by atoms with E-state index in [1.165, 1.54) is 0 Å². The van der Waals surface area contributed by atoms with Crippen LogP contribution in [0.5, 0.6) is 5.75 Å². The van der Waals surface area contributed by atoms with Crippen molar-refractivity contribution < 1.29 is 13.3 Å². The molecule has 9 heteroatoms. The third-order valence-electron chi connectivity index (χ3n) is 6.43. The van der Waals surface area contributed by atoms with Gasteiger partial charge in [0.15, 0.2) is 8.32 Å². The molecule has 1 aliphatic heterocycles. The number of hydrogen-bond donors (Lipinski definition) is 3. The number of hydrogen-bond acceptors (Lipinski definition) is 6. The Kier molecular flexibility index (Phi) is 7.40. The predicted octanol–water partition coefficient (Wildman–Crippen LogP) is 6.01. The minimum atomic E-state index is -1.58. The largest absolute Gasteiger partial charge is 0.505 e. The Labute approximate surface area is 205 Å². The maximum Gasteiger partial charge on any atom is 0.409 e. The highest BCUT2D eigenvalue weighted by Crippen LogP contribution is 2.50. The van der Waals surface area contributed by atoms with Gasteiger partial charge in [-0.15, -0.1) is 0 Å². The topological polar surface area (TPSA) is 66.0 Å². The zero-order valence-electron chi connectivity index (χ0n) is 21.3. The number of benzene rings is 2. The molecule has 33 heavy (non-hydrogen) atoms. The van der Waals surface area contributed by atoms with E-state index < -0.39 is 8.32 Å². The summed E-state index contributed by atoms with van der Waals surface area (Å²) in [4.78, 5) is 0. The Morgan fingerprint density at radius 3 is 2.15 bits per heavy atom. The maximum atomic E-state index is 11.4. The van der Waals surface area contributed by atoms with Crippen LogP contribution in [-0.2, 0) is 13.6 Å². The molecule has 1 atom stereocenters. The maximum absolute atomic E-state index is 11.4. The summed E-state index contributed by atoms with van der Waals surface area (Å²) < 4.78 is 11.9. The van der Waals surface area contributed by atoms with E-state index in [-0.39, 0.29) is 32.1 Å². The van der Waals surface area contributed by atoms with Crippen molar-refractivity contribution in [2.75, 3.05) is 16.0 Å². The highest BCUT2D eigenvalue weighted by Gasteiger charge is 2.42. The number of aromatic hydroxyl groups is 1. The first-order valence-electron chi connectivity index (χ1n) is 11.3. The Bertz CT molecular complexity index is 968. The lowest BCUT2D eigenvalue weighted by Gasteiger charge is -2.43. The number of hydrazine groups is 2. The van der Waals surface area contributed by atoms with E-state index in [0.717, 1.165) is 22.5 Å². The van der Waals surface area contributed by atoms with Gasteiger partial charge in [-0.25, -0.2) is 0 Å². The molecule has 3 rings (SSSR count). The summed E-state index contributed by atoms with van der Waals surface area (Å²) in [5.41, 5.74) is 11.1. The molecule has 1 unspecified atom stereocenters. The van der Waals surface area contributed by atoms with Crippen LogP contribution in [-0.4, -0.2) is 33.2 Å². The van der Waals surface area contributed by atoms with Gasteiger partial charge < -0.3 is 13.3 Å². The van der Waals surface area contributed by atoms with Crippen molar-refractivity contribution in [3.63, 3.8) is 0 Å². The summed E-state index contributed by atoms with van der Waals surface area (Å²) in [6, 6.07) is 12.1. The van der Waals surface area contributed by atoms with Crippen molar-refractivity contribution in [3.8, 4) is 5.75 Å². The molecule has 0 aliphatic carbocycles. The number of para-hydroxylation sites is 2. The van der Waals surface area contributed by atoms with Crippen molar-refractivity contribution in [1.82, 2.24) is 0 Å². The van der Waals surface area contributed by atoms with E-state index in [1.54, 1.807) is 5.12 Å². The van der Waals surface area contributed by atoms with Crippen LogP contribution in [0.2, 0.25) is 24.7 Å². The molecule has 2 aromatic carbocycles. The minimum absolute atomic E-state index is 0.0825. The van der Waals surface area contributed by atoms with Gasteiger partial charge in [-0.05, 0) is 66.7 Å². The highest BCUT2D eigenvalue weighted by atomic mass is 28.4. The first-order chi connectivity index (χ1) is 15.2. The van der Waals surface area contributed by atoms with Crippen LogP contribution in [0.15, 0.2) is 36.4 Å². The molecule has 4 radical (unpaired) electrons. The standard InChI is InChI=1S/C24H37N3O3Si3/c1-16-14-18(22(28)21(15-16)27-25-19-12-10-11-13-20(19)26-27)23(3,4)17(2)24(5,6)31-29-32-30-33(7,8)9/h10-15,17,25-26,28H,1-9H3. The summed E-state index contributed by atoms with van der Waals surface area (Å²) in [7, 11) is -1.19. The van der Waals surface area contributed by atoms with Gasteiger partial charge in [-0.1, -0.05) is 52.8 Å². The number of aryl methyl sites for hydroxylation is 1. The van der Waals surface area contributed by atoms with Crippen molar-refractivity contribution >= 4 is 45.1 Å². The van der Waals surface area contributed by atoms with Gasteiger partial charge in [0.05, 0.1) is 11.4 Å². The van der Waals surface area contributed by atoms with Crippen LogP contribution in [0.3, 0.4) is 0 Å². The van der Waals surface area contributed by atoms with E-state index >= 15 is 0 Å². The van der Waals surface area contributed by atoms with Crippen molar-refractivity contribution in [2.45, 2.75) is 71.6 Å². The zero-order valence-corrected chi connectivity index (χ0v) is 24.3. The van der Waals surface area contributed by atoms with Crippen LogP contribution in [0.4, 0.5) is 17.1 Å². The van der Waals surface area contributed by atoms with Crippen molar-refractivity contribution in [1.29, 1.82) is 0 Å². The molecular formula is C24H37N3O3Si3. The molecule has 0 fully saturated rings. The molecule has 6 nitrogen and oxygen atoms in total. The number of nitrogens with zero attached hydrogens (tertiary/aromatic N) is 1. The number of rotatable bonds is 9. The molecule has 0 bridgehead atoms. The lowest BCUT2D eigenvalue weighted by molar-refractivity contribution is 0.256. The first-order valence-corrected chi connectivity index (χ1v) is 16.5. The predicted molar refractivity (Wildman–Crippen MR) is 142 cm³/mol. The summed E-state index contributed by atoms with van der Waals surface area (Å²) in [6.45, 7) is 19.7. The van der Waals surface area contributed by atoms with Gasteiger partial charge in [0.2, 0.25) is 9.76 Å². The van der Waals surface area contributed by atoms with E-state index in [4.69, 9.17) is 8.23 Å². The van der Waals surface area contributed by atoms with Crippen LogP contribution >= 0.6 is 0 Å². The quantitative estimate of drug-likeness (QED) is 0.290. The third kappa shape index (κ3) is 5.83. The summed E-state index contributed by atoms with van der Waals surface area (Å²) in [6.07, 6.45) is 0. The van der Waals surface area contributed by atoms with Gasteiger partial charge >= 0.3 is 10.0 Å². The fourth-order valence-corrected chi connectivity index (χ4v) is 7.31. The average molecular weight is 500 g/mol. The summed E-state index contributed by atoms with van der Waals surface area (Å²) >= 11 is 0. The number of phenols is 1. The van der Waals surface area contributed by atoms with Gasteiger partial charge in [0, 0.05) is 5.56 Å². The monoisotopic (exact) mass is 499 g/mol. The van der Waals surface area contributed by atoms with Gasteiger partial charge in [-0.3, -0.25) is 10.9 Å². The zero-order chi connectivity index (χ0) is 24.6. The minimum Gasteiger partial charge on any atom is -0.505 e. The lowest BCUT2D eigenvalue weighted by atomic mass is 9.68. The molecule has 0 saturated heterocycles. The second kappa shape index (κ2) is 9.46. The number of anilines is 3. The molecule has 3 N–H and O–H groups in total. The van der Waals surface area contributed by atoms with Crippen LogP contribution in [0.1, 0.15) is 45.7 Å². The molecule has 2 aromatic rings. The molecule has 0 spiro atoms. The van der Waals surface area contributed by atoms with Crippen molar-refractivity contribution in [2.24, 2.45) is 5.92 Å². The summed E-state index contributed by atoms with van der Waals surface area (Å²) in [5.74, 6) is 0.520. The van der Waals surface area contributed by atoms with E-state index in [2.05, 4.69) is 78.1 Å². The van der Waals surface area contributed by atoms with E-state index in [1.807, 2.05) is 30.3 Å². The Balaban J connectivity index is 1.82. The highest BCUT2D eigenvalue weighted by molar-refractivity contribution is 6.73. The second-order valence-electron chi connectivity index (χ2n) is 11.0. The SMILES string of the molecule is Cc1cc(N2Nc3ccccc3N2)c(O)c(C(C)(C)C(C)C(C)(C)[Si]O[Si]O[Si](C)(C)C)c1. The second-order valence-corrected chi connectivity index (χ2v) is 18.5. The fourth-order valence-electron chi connectivity index (χ4n) is 4.01. The molecule has 1 aliphatic rings. The number of nitrogens with one attached hydrogen (secondary N) is 2. The normalized spacial score (nSPS) is 15.1. The lowest BCUT2D eigenvalue weighted by Crippen LogP contribution is -2.39. The third-order valence-corrected chi connectivity index (χ3v) is 10.9. The van der Waals surface area contributed by atoms with Crippen LogP contribution < -0.4 is 16.0 Å². The fraction of sp³-hybridized carbons (Fsp3) is 0.500. The van der Waals surface area contributed by atoms with Crippen LogP contribution in [0.25, 0.3) is 0 Å². The average Bonchev–Trinajstić information content (AvgIpc) is 3.15. The Morgan fingerprint density at radius 2 is 1.61 bits per heavy atom. The van der Waals surface area contributed by atoms with E-state index in [9.17, 15) is 5.11 Å². The Hall–Kier alpha value is -1.79. The number of fused-ring (bicyclic) bond motifs is 1. The van der Waals surface area contributed by atoms with Crippen LogP contribution in [0, 0.1) is 12.8 Å². The molecule has 0 aromatic heterocycles. The van der Waals surface area contributed by atoms with Gasteiger partial charge in [0.1, 0.15) is 11.4 Å². The molecular weight excluding hydrogens is 463 g/mol. The number of phenolic OH excluding ortho intramolecular Hbond substituents is 1. The molecule has 1 heterocycles. The Morgan fingerprint density at radius 1 is 1.03 bits per heavy atom. The summed E-state index contributed by atoms with van der Waals surface area (Å²) in [5, 5.41) is 13.1. The molecule has 178 valence electrons. The molecule has 0 amide bonds. The molecule has 0 saturated carbocycles.